The lowest BCUT2D eigenvalue weighted by Gasteiger charge is -2.10. The molecule has 2 rings (SSSR count). The molecule has 0 saturated carbocycles. The van der Waals surface area contributed by atoms with Crippen LogP contribution in [0.2, 0.25) is 0 Å². The Balaban J connectivity index is 2.37. The van der Waals surface area contributed by atoms with E-state index in [1.807, 2.05) is 25.1 Å². The smallest absolute Gasteiger partial charge is 0.182 e. The zero-order valence-corrected chi connectivity index (χ0v) is 11.0. The minimum Gasteiger partial charge on any atom is -0.389 e. The van der Waals surface area contributed by atoms with Crippen LogP contribution >= 0.6 is 12.2 Å². The Morgan fingerprint density at radius 2 is 1.89 bits per heavy atom. The zero-order chi connectivity index (χ0) is 14.0. The number of hydrogen-bond acceptors (Lipinski definition) is 2. The molecule has 0 amide bonds. The van der Waals surface area contributed by atoms with Gasteiger partial charge in [0.05, 0.1) is 5.69 Å². The third-order valence-corrected chi connectivity index (χ3v) is 2.86. The fourth-order valence-electron chi connectivity index (χ4n) is 1.71. The lowest BCUT2D eigenvalue weighted by atomic mass is 10.1. The van der Waals surface area contributed by atoms with Gasteiger partial charge in [-0.3, -0.25) is 0 Å². The summed E-state index contributed by atoms with van der Waals surface area (Å²) >= 11 is 4.65. The van der Waals surface area contributed by atoms with Gasteiger partial charge in [0.1, 0.15) is 4.99 Å². The van der Waals surface area contributed by atoms with E-state index in [4.69, 9.17) is 5.73 Å². The van der Waals surface area contributed by atoms with Crippen LogP contribution in [0.15, 0.2) is 36.4 Å². The SMILES string of the molecule is Cc1cccc(Nc2ccc(C(N)=S)c(F)c2F)c1. The number of rotatable bonds is 3. The average Bonchev–Trinajstić information content (AvgIpc) is 2.35. The summed E-state index contributed by atoms with van der Waals surface area (Å²) in [5, 5.41) is 2.82. The van der Waals surface area contributed by atoms with E-state index in [0.29, 0.717) is 5.69 Å². The van der Waals surface area contributed by atoms with Crippen molar-refractivity contribution in [2.24, 2.45) is 5.73 Å². The first-order valence-electron chi connectivity index (χ1n) is 5.60. The van der Waals surface area contributed by atoms with E-state index in [-0.39, 0.29) is 16.2 Å². The topological polar surface area (TPSA) is 38.0 Å². The molecule has 0 aliphatic carbocycles. The normalized spacial score (nSPS) is 10.3. The molecule has 0 spiro atoms. The van der Waals surface area contributed by atoms with Gasteiger partial charge in [0.25, 0.3) is 0 Å². The van der Waals surface area contributed by atoms with Gasteiger partial charge in [0.2, 0.25) is 0 Å². The van der Waals surface area contributed by atoms with Crippen molar-refractivity contribution in [2.45, 2.75) is 6.92 Å². The Kier molecular flexibility index (Phi) is 3.76. The second-order valence-corrected chi connectivity index (χ2v) is 4.59. The third kappa shape index (κ3) is 2.88. The summed E-state index contributed by atoms with van der Waals surface area (Å²) in [5.74, 6) is -2.03. The second-order valence-electron chi connectivity index (χ2n) is 4.15. The van der Waals surface area contributed by atoms with Crippen molar-refractivity contribution in [3.8, 4) is 0 Å². The zero-order valence-electron chi connectivity index (χ0n) is 10.2. The Bertz CT molecular complexity index is 641. The van der Waals surface area contributed by atoms with Gasteiger partial charge >= 0.3 is 0 Å². The van der Waals surface area contributed by atoms with Crippen molar-refractivity contribution in [2.75, 3.05) is 5.32 Å². The molecule has 19 heavy (non-hydrogen) atoms. The molecule has 2 aromatic rings. The molecule has 3 N–H and O–H groups in total. The van der Waals surface area contributed by atoms with Crippen LogP contribution in [0.5, 0.6) is 0 Å². The van der Waals surface area contributed by atoms with E-state index >= 15 is 0 Å². The summed E-state index contributed by atoms with van der Waals surface area (Å²) in [7, 11) is 0. The van der Waals surface area contributed by atoms with Gasteiger partial charge in [0.15, 0.2) is 11.6 Å². The Hall–Kier alpha value is -2.01. The van der Waals surface area contributed by atoms with Gasteiger partial charge in [-0.25, -0.2) is 8.78 Å². The molecule has 0 heterocycles. The first-order chi connectivity index (χ1) is 8.99. The number of aryl methyl sites for hydroxylation is 1. The summed E-state index contributed by atoms with van der Waals surface area (Å²) < 4.78 is 27.6. The fraction of sp³-hybridized carbons (Fsp3) is 0.0714. The Morgan fingerprint density at radius 1 is 1.16 bits per heavy atom. The number of anilines is 2. The van der Waals surface area contributed by atoms with Crippen LogP contribution in [-0.4, -0.2) is 4.99 Å². The van der Waals surface area contributed by atoms with E-state index in [2.05, 4.69) is 17.5 Å². The first kappa shape index (κ1) is 13.4. The van der Waals surface area contributed by atoms with Gasteiger partial charge in [-0.1, -0.05) is 24.4 Å². The molecule has 0 unspecified atom stereocenters. The predicted octanol–water partition coefficient (Wildman–Crippen LogP) is 3.65. The number of nitrogens with two attached hydrogens (primary N) is 1. The molecular formula is C14H12F2N2S. The minimum atomic E-state index is -1.04. The van der Waals surface area contributed by atoms with Crippen LogP contribution in [0.4, 0.5) is 20.2 Å². The van der Waals surface area contributed by atoms with E-state index < -0.39 is 11.6 Å². The van der Waals surface area contributed by atoms with Crippen LogP contribution in [0.3, 0.4) is 0 Å². The highest BCUT2D eigenvalue weighted by molar-refractivity contribution is 7.80. The van der Waals surface area contributed by atoms with E-state index in [1.165, 1.54) is 12.1 Å². The standard InChI is InChI=1S/C14H12F2N2S/c1-8-3-2-4-9(7-8)18-11-6-5-10(14(17)19)12(15)13(11)16/h2-7,18H,1H3,(H2,17,19). The van der Waals surface area contributed by atoms with Gasteiger partial charge in [-0.05, 0) is 36.8 Å². The Morgan fingerprint density at radius 3 is 2.53 bits per heavy atom. The molecule has 0 bridgehead atoms. The summed E-state index contributed by atoms with van der Waals surface area (Å²) in [5.41, 5.74) is 6.96. The Labute approximate surface area is 115 Å². The summed E-state index contributed by atoms with van der Waals surface area (Å²) in [6, 6.07) is 10.1. The lowest BCUT2D eigenvalue weighted by Crippen LogP contribution is -2.13. The van der Waals surface area contributed by atoms with Gasteiger partial charge in [0, 0.05) is 11.3 Å². The summed E-state index contributed by atoms with van der Waals surface area (Å²) in [4.78, 5) is -0.168. The van der Waals surface area contributed by atoms with Crippen molar-refractivity contribution in [1.29, 1.82) is 0 Å². The van der Waals surface area contributed by atoms with Crippen molar-refractivity contribution < 1.29 is 8.78 Å². The maximum atomic E-state index is 13.9. The molecule has 0 atom stereocenters. The van der Waals surface area contributed by atoms with Crippen molar-refractivity contribution >= 4 is 28.6 Å². The quantitative estimate of drug-likeness (QED) is 0.842. The monoisotopic (exact) mass is 278 g/mol. The molecule has 0 fully saturated rings. The number of nitrogens with one attached hydrogen (secondary N) is 1. The van der Waals surface area contributed by atoms with E-state index in [1.54, 1.807) is 6.07 Å². The minimum absolute atomic E-state index is 0.0445. The second kappa shape index (κ2) is 5.32. The van der Waals surface area contributed by atoms with Crippen molar-refractivity contribution in [1.82, 2.24) is 0 Å². The molecular weight excluding hydrogens is 266 g/mol. The number of hydrogen-bond donors (Lipinski definition) is 2. The number of benzene rings is 2. The van der Waals surface area contributed by atoms with E-state index in [9.17, 15) is 8.78 Å². The van der Waals surface area contributed by atoms with Crippen molar-refractivity contribution in [3.63, 3.8) is 0 Å². The first-order valence-corrected chi connectivity index (χ1v) is 6.01. The average molecular weight is 278 g/mol. The van der Waals surface area contributed by atoms with Crippen LogP contribution in [-0.2, 0) is 0 Å². The highest BCUT2D eigenvalue weighted by atomic mass is 32.1. The summed E-state index contributed by atoms with van der Waals surface area (Å²) in [6.45, 7) is 1.91. The number of thiocarbonyl (C=S) groups is 1. The van der Waals surface area contributed by atoms with Crippen LogP contribution in [0.25, 0.3) is 0 Å². The predicted molar refractivity (Wildman–Crippen MR) is 76.7 cm³/mol. The molecule has 0 aromatic heterocycles. The molecule has 5 heteroatoms. The lowest BCUT2D eigenvalue weighted by molar-refractivity contribution is 0.510. The van der Waals surface area contributed by atoms with E-state index in [0.717, 1.165) is 5.56 Å². The van der Waals surface area contributed by atoms with Crippen LogP contribution in [0.1, 0.15) is 11.1 Å². The van der Waals surface area contributed by atoms with Crippen LogP contribution < -0.4 is 11.1 Å². The van der Waals surface area contributed by atoms with Gasteiger partial charge < -0.3 is 11.1 Å². The highest BCUT2D eigenvalue weighted by Gasteiger charge is 2.15. The maximum absolute atomic E-state index is 13.9. The summed E-state index contributed by atoms with van der Waals surface area (Å²) in [6.07, 6.45) is 0. The molecule has 0 aliphatic heterocycles. The molecule has 2 nitrogen and oxygen atoms in total. The molecule has 98 valence electrons. The molecule has 0 aliphatic rings. The van der Waals surface area contributed by atoms with Gasteiger partial charge in [-0.15, -0.1) is 0 Å². The van der Waals surface area contributed by atoms with Gasteiger partial charge in [-0.2, -0.15) is 0 Å². The van der Waals surface area contributed by atoms with Crippen LogP contribution in [0, 0.1) is 18.6 Å². The molecule has 2 aromatic carbocycles. The molecule has 0 radical (unpaired) electrons. The highest BCUT2D eigenvalue weighted by Crippen LogP contribution is 2.24. The van der Waals surface area contributed by atoms with Crippen molar-refractivity contribution in [3.05, 3.63) is 59.2 Å². The maximum Gasteiger partial charge on any atom is 0.182 e. The number of halogens is 2. The molecule has 0 saturated heterocycles. The third-order valence-electron chi connectivity index (χ3n) is 2.64. The largest absolute Gasteiger partial charge is 0.389 e. The fourth-order valence-corrected chi connectivity index (χ4v) is 1.87.